The summed E-state index contributed by atoms with van der Waals surface area (Å²) in [4.78, 5) is 1.42. The number of unbranched alkanes of at least 4 members (excludes halogenated alkanes) is 1. The molecule has 1 atom stereocenters. The minimum absolute atomic E-state index is 0.507. The minimum atomic E-state index is 0.507. The fourth-order valence-corrected chi connectivity index (χ4v) is 2.15. The van der Waals surface area contributed by atoms with Gasteiger partial charge in [0.2, 0.25) is 0 Å². The number of nitrogens with one attached hydrogen (secondary N) is 1. The van der Waals surface area contributed by atoms with Crippen molar-refractivity contribution in [2.24, 2.45) is 0 Å². The Hall–Kier alpha value is -0.850. The number of rotatable bonds is 6. The number of nitriles is 1. The van der Waals surface area contributed by atoms with Crippen LogP contribution in [0.3, 0.4) is 0 Å². The van der Waals surface area contributed by atoms with Crippen LogP contribution in [0.2, 0.25) is 0 Å². The molecule has 0 fully saturated rings. The molecule has 76 valence electrons. The molecule has 1 rings (SSSR count). The molecule has 1 heterocycles. The highest BCUT2D eigenvalue weighted by molar-refractivity contribution is 7.09. The molecule has 0 aliphatic carbocycles. The molecule has 1 N–H and O–H groups in total. The van der Waals surface area contributed by atoms with E-state index >= 15 is 0 Å². The summed E-state index contributed by atoms with van der Waals surface area (Å²) in [6.07, 6.45) is 2.69. The van der Waals surface area contributed by atoms with Crippen LogP contribution < -0.4 is 5.32 Å². The maximum absolute atomic E-state index is 8.36. The molecule has 0 amide bonds. The summed E-state index contributed by atoms with van der Waals surface area (Å²) in [7, 11) is 0. The maximum Gasteiger partial charge on any atom is 0.0622 e. The second-order valence-corrected chi connectivity index (χ2v) is 4.43. The van der Waals surface area contributed by atoms with Gasteiger partial charge in [0.05, 0.1) is 6.07 Å². The first-order valence-corrected chi connectivity index (χ1v) is 5.83. The van der Waals surface area contributed by atoms with Gasteiger partial charge >= 0.3 is 0 Å². The number of nitrogens with zero attached hydrogens (tertiary/aromatic N) is 1. The van der Waals surface area contributed by atoms with E-state index < -0.39 is 0 Å². The summed E-state index contributed by atoms with van der Waals surface area (Å²) >= 11 is 1.80. The Kier molecular flexibility index (Phi) is 5.28. The van der Waals surface area contributed by atoms with Gasteiger partial charge in [-0.2, -0.15) is 5.26 Å². The van der Waals surface area contributed by atoms with Crippen molar-refractivity contribution in [3.63, 3.8) is 0 Å². The third-order valence-corrected chi connectivity index (χ3v) is 2.94. The molecule has 2 nitrogen and oxygen atoms in total. The molecular formula is C11H16N2S. The fraction of sp³-hybridized carbons (Fsp3) is 0.545. The summed E-state index contributed by atoms with van der Waals surface area (Å²) < 4.78 is 0. The first kappa shape index (κ1) is 11.2. The van der Waals surface area contributed by atoms with E-state index in [1.165, 1.54) is 4.88 Å². The Balaban J connectivity index is 2.11. The molecule has 0 spiro atoms. The lowest BCUT2D eigenvalue weighted by atomic mass is 10.2. The largest absolute Gasteiger partial charge is 0.314 e. The lowest BCUT2D eigenvalue weighted by Crippen LogP contribution is -2.28. The Labute approximate surface area is 89.6 Å². The van der Waals surface area contributed by atoms with Gasteiger partial charge in [0, 0.05) is 17.3 Å². The zero-order chi connectivity index (χ0) is 10.2. The Morgan fingerprint density at radius 2 is 2.50 bits per heavy atom. The average Bonchev–Trinajstić information content (AvgIpc) is 2.65. The molecule has 0 aliphatic rings. The van der Waals surface area contributed by atoms with E-state index in [4.69, 9.17) is 5.26 Å². The van der Waals surface area contributed by atoms with E-state index in [-0.39, 0.29) is 0 Å². The minimum Gasteiger partial charge on any atom is -0.314 e. The van der Waals surface area contributed by atoms with Crippen molar-refractivity contribution in [3.8, 4) is 6.07 Å². The zero-order valence-corrected chi connectivity index (χ0v) is 9.31. The number of hydrogen-bond acceptors (Lipinski definition) is 3. The van der Waals surface area contributed by atoms with Gasteiger partial charge < -0.3 is 5.32 Å². The predicted octanol–water partition coefficient (Wildman–Crippen LogP) is 2.57. The molecule has 0 saturated carbocycles. The summed E-state index contributed by atoms with van der Waals surface area (Å²) in [5.41, 5.74) is 0. The van der Waals surface area contributed by atoms with Crippen LogP contribution in [-0.2, 0) is 6.42 Å². The van der Waals surface area contributed by atoms with E-state index in [2.05, 4.69) is 35.8 Å². The highest BCUT2D eigenvalue weighted by Gasteiger charge is 2.02. The SMILES string of the molecule is CC(Cc1cccs1)NCCCC#N. The lowest BCUT2D eigenvalue weighted by molar-refractivity contribution is 0.539. The summed E-state index contributed by atoms with van der Waals surface area (Å²) in [6, 6.07) is 6.91. The number of hydrogen-bond donors (Lipinski definition) is 1. The standard InChI is InChI=1S/C11H16N2S/c1-10(13-7-3-2-6-12)9-11-5-4-8-14-11/h4-5,8,10,13H,2-3,7,9H2,1H3. The summed E-state index contributed by atoms with van der Waals surface area (Å²) in [5, 5.41) is 13.9. The van der Waals surface area contributed by atoms with Crippen molar-refractivity contribution in [3.05, 3.63) is 22.4 Å². The van der Waals surface area contributed by atoms with Crippen molar-refractivity contribution in [1.82, 2.24) is 5.32 Å². The molecule has 14 heavy (non-hydrogen) atoms. The van der Waals surface area contributed by atoms with Crippen molar-refractivity contribution < 1.29 is 0 Å². The molecule has 0 aliphatic heterocycles. The van der Waals surface area contributed by atoms with E-state index in [1.54, 1.807) is 11.3 Å². The van der Waals surface area contributed by atoms with E-state index in [1.807, 2.05) is 0 Å². The zero-order valence-electron chi connectivity index (χ0n) is 8.49. The third kappa shape index (κ3) is 4.40. The van der Waals surface area contributed by atoms with E-state index in [0.29, 0.717) is 12.5 Å². The highest BCUT2D eigenvalue weighted by atomic mass is 32.1. The Morgan fingerprint density at radius 1 is 1.64 bits per heavy atom. The number of thiophene rings is 1. The second-order valence-electron chi connectivity index (χ2n) is 3.40. The van der Waals surface area contributed by atoms with E-state index in [9.17, 15) is 0 Å². The summed E-state index contributed by atoms with van der Waals surface area (Å²) in [5.74, 6) is 0. The van der Waals surface area contributed by atoms with Gasteiger partial charge in [0.15, 0.2) is 0 Å². The molecular weight excluding hydrogens is 192 g/mol. The Bertz CT molecular complexity index is 274. The van der Waals surface area contributed by atoms with Crippen molar-refractivity contribution in [2.75, 3.05) is 6.54 Å². The molecule has 0 saturated heterocycles. The third-order valence-electron chi connectivity index (χ3n) is 2.05. The van der Waals surface area contributed by atoms with Crippen molar-refractivity contribution >= 4 is 11.3 Å². The molecule has 0 aromatic carbocycles. The van der Waals surface area contributed by atoms with Gasteiger partial charge in [-0.3, -0.25) is 0 Å². The van der Waals surface area contributed by atoms with Crippen LogP contribution in [0.25, 0.3) is 0 Å². The van der Waals surface area contributed by atoms with Crippen LogP contribution in [0.1, 0.15) is 24.6 Å². The van der Waals surface area contributed by atoms with Crippen molar-refractivity contribution in [1.29, 1.82) is 5.26 Å². The van der Waals surface area contributed by atoms with Gasteiger partial charge in [0.1, 0.15) is 0 Å². The summed E-state index contributed by atoms with van der Waals surface area (Å²) in [6.45, 7) is 3.13. The molecule has 1 aromatic rings. The average molecular weight is 208 g/mol. The van der Waals surface area contributed by atoms with Crippen LogP contribution in [0.15, 0.2) is 17.5 Å². The fourth-order valence-electron chi connectivity index (χ4n) is 1.32. The van der Waals surface area contributed by atoms with Gasteiger partial charge in [-0.15, -0.1) is 11.3 Å². The Morgan fingerprint density at radius 3 is 3.14 bits per heavy atom. The van der Waals surface area contributed by atoms with Crippen LogP contribution in [0.5, 0.6) is 0 Å². The quantitative estimate of drug-likeness (QED) is 0.729. The van der Waals surface area contributed by atoms with Gasteiger partial charge in [0.25, 0.3) is 0 Å². The highest BCUT2D eigenvalue weighted by Crippen LogP contribution is 2.10. The molecule has 3 heteroatoms. The van der Waals surface area contributed by atoms with Crippen LogP contribution >= 0.6 is 11.3 Å². The second kappa shape index (κ2) is 6.58. The molecule has 0 radical (unpaired) electrons. The van der Waals surface area contributed by atoms with Crippen LogP contribution in [0, 0.1) is 11.3 Å². The molecule has 1 unspecified atom stereocenters. The van der Waals surface area contributed by atoms with Gasteiger partial charge in [-0.05, 0) is 37.8 Å². The smallest absolute Gasteiger partial charge is 0.0622 e. The van der Waals surface area contributed by atoms with Crippen molar-refractivity contribution in [2.45, 2.75) is 32.2 Å². The predicted molar refractivity (Wildman–Crippen MR) is 60.3 cm³/mol. The molecule has 1 aromatic heterocycles. The normalized spacial score (nSPS) is 12.3. The van der Waals surface area contributed by atoms with Crippen LogP contribution in [-0.4, -0.2) is 12.6 Å². The van der Waals surface area contributed by atoms with Gasteiger partial charge in [-0.1, -0.05) is 6.07 Å². The van der Waals surface area contributed by atoms with Gasteiger partial charge in [-0.25, -0.2) is 0 Å². The first-order valence-electron chi connectivity index (χ1n) is 4.95. The molecule has 0 bridgehead atoms. The lowest BCUT2D eigenvalue weighted by Gasteiger charge is -2.11. The first-order chi connectivity index (χ1) is 6.83. The van der Waals surface area contributed by atoms with Crippen LogP contribution in [0.4, 0.5) is 0 Å². The maximum atomic E-state index is 8.36. The van der Waals surface area contributed by atoms with E-state index in [0.717, 1.165) is 19.4 Å². The topological polar surface area (TPSA) is 35.8 Å². The monoisotopic (exact) mass is 208 g/mol.